The van der Waals surface area contributed by atoms with E-state index in [0.717, 1.165) is 5.56 Å². The summed E-state index contributed by atoms with van der Waals surface area (Å²) in [6.45, 7) is 0.268. The minimum absolute atomic E-state index is 0.116. The number of ketones is 1. The van der Waals surface area contributed by atoms with E-state index in [1.807, 2.05) is 12.1 Å². The van der Waals surface area contributed by atoms with Gasteiger partial charge in [0, 0.05) is 10.6 Å². The van der Waals surface area contributed by atoms with E-state index in [1.54, 1.807) is 42.5 Å². The summed E-state index contributed by atoms with van der Waals surface area (Å²) in [6.07, 6.45) is 1.00. The van der Waals surface area contributed by atoms with Gasteiger partial charge in [0.25, 0.3) is 5.91 Å². The third kappa shape index (κ3) is 3.05. The van der Waals surface area contributed by atoms with E-state index in [1.165, 1.54) is 17.2 Å². The molecule has 0 spiro atoms. The molecule has 4 rings (SSSR count). The number of carbonyl (C=O) groups excluding carboxylic acids is 2. The summed E-state index contributed by atoms with van der Waals surface area (Å²) in [4.78, 5) is 27.1. The summed E-state index contributed by atoms with van der Waals surface area (Å²) in [5, 5.41) is 11.8. The standard InChI is InChI=1S/C21H16ClNO4/c22-15-9-7-14(8-10-15)13-23-17-5-2-1-4-16(17)21(26,20(23)25)12-18(24)19-6-3-11-27-19/h1-11,26H,12-13H2/t21-/m0/s1. The molecular weight excluding hydrogens is 366 g/mol. The molecule has 1 amide bonds. The van der Waals surface area contributed by atoms with Crippen LogP contribution in [0.1, 0.15) is 28.1 Å². The van der Waals surface area contributed by atoms with Gasteiger partial charge < -0.3 is 14.4 Å². The molecule has 1 N–H and O–H groups in total. The molecule has 136 valence electrons. The number of fused-ring (bicyclic) bond motifs is 1. The van der Waals surface area contributed by atoms with Crippen LogP contribution in [0.15, 0.2) is 71.3 Å². The van der Waals surface area contributed by atoms with Crippen molar-refractivity contribution in [3.63, 3.8) is 0 Å². The number of anilines is 1. The number of para-hydroxylation sites is 1. The highest BCUT2D eigenvalue weighted by molar-refractivity contribution is 6.30. The number of hydrogen-bond acceptors (Lipinski definition) is 4. The molecule has 0 radical (unpaired) electrons. The number of hydrogen-bond donors (Lipinski definition) is 1. The zero-order chi connectivity index (χ0) is 19.0. The number of Topliss-reactive ketones (excluding diaryl/α,β-unsaturated/α-hetero) is 1. The third-order valence-electron chi connectivity index (χ3n) is 4.71. The zero-order valence-corrected chi connectivity index (χ0v) is 15.0. The van der Waals surface area contributed by atoms with Crippen LogP contribution in [-0.4, -0.2) is 16.8 Å². The predicted octanol–water partition coefficient (Wildman–Crippen LogP) is 3.94. The molecule has 0 fully saturated rings. The van der Waals surface area contributed by atoms with Gasteiger partial charge in [-0.15, -0.1) is 0 Å². The van der Waals surface area contributed by atoms with Gasteiger partial charge in [0.2, 0.25) is 5.78 Å². The van der Waals surface area contributed by atoms with E-state index in [2.05, 4.69) is 0 Å². The number of rotatable bonds is 5. The lowest BCUT2D eigenvalue weighted by molar-refractivity contribution is -0.136. The van der Waals surface area contributed by atoms with Gasteiger partial charge in [-0.05, 0) is 35.9 Å². The predicted molar refractivity (Wildman–Crippen MR) is 101 cm³/mol. The minimum atomic E-state index is -1.92. The normalized spacial score (nSPS) is 18.6. The maximum atomic E-state index is 13.1. The summed E-state index contributed by atoms with van der Waals surface area (Å²) in [5.41, 5.74) is -0.0485. The second-order valence-electron chi connectivity index (χ2n) is 6.47. The average Bonchev–Trinajstić information content (AvgIpc) is 3.27. The molecule has 0 aliphatic carbocycles. The van der Waals surface area contributed by atoms with Gasteiger partial charge in [0.15, 0.2) is 11.4 Å². The fourth-order valence-electron chi connectivity index (χ4n) is 3.36. The van der Waals surface area contributed by atoms with Crippen molar-refractivity contribution in [2.24, 2.45) is 0 Å². The summed E-state index contributed by atoms with van der Waals surface area (Å²) >= 11 is 5.92. The van der Waals surface area contributed by atoms with E-state index in [4.69, 9.17) is 16.0 Å². The average molecular weight is 382 g/mol. The van der Waals surface area contributed by atoms with E-state index in [9.17, 15) is 14.7 Å². The van der Waals surface area contributed by atoms with Crippen LogP contribution in [0.4, 0.5) is 5.69 Å². The lowest BCUT2D eigenvalue weighted by atomic mass is 9.89. The number of halogens is 1. The summed E-state index contributed by atoms with van der Waals surface area (Å²) in [5.74, 6) is -0.845. The van der Waals surface area contributed by atoms with Gasteiger partial charge in [0.05, 0.1) is 24.9 Å². The number of nitrogens with zero attached hydrogens (tertiary/aromatic N) is 1. The van der Waals surface area contributed by atoms with Crippen molar-refractivity contribution in [2.45, 2.75) is 18.6 Å². The second-order valence-corrected chi connectivity index (χ2v) is 6.91. The van der Waals surface area contributed by atoms with Crippen LogP contribution in [0.3, 0.4) is 0 Å². The Bertz CT molecular complexity index is 997. The van der Waals surface area contributed by atoms with Gasteiger partial charge in [-0.25, -0.2) is 0 Å². The van der Waals surface area contributed by atoms with E-state index >= 15 is 0 Å². The SMILES string of the molecule is O=C(C[C@@]1(O)C(=O)N(Cc2ccc(Cl)cc2)c2ccccc21)c1ccco1. The summed E-state index contributed by atoms with van der Waals surface area (Å²) in [7, 11) is 0. The van der Waals surface area contributed by atoms with Gasteiger partial charge in [-0.2, -0.15) is 0 Å². The second kappa shape index (κ2) is 6.68. The molecule has 0 saturated carbocycles. The number of benzene rings is 2. The molecule has 1 aliphatic heterocycles. The molecular formula is C21H16ClNO4. The van der Waals surface area contributed by atoms with E-state index < -0.39 is 17.3 Å². The molecule has 27 heavy (non-hydrogen) atoms. The van der Waals surface area contributed by atoms with Crippen molar-refractivity contribution in [1.29, 1.82) is 0 Å². The largest absolute Gasteiger partial charge is 0.461 e. The molecule has 2 heterocycles. The van der Waals surface area contributed by atoms with E-state index in [-0.39, 0.29) is 18.7 Å². The molecule has 0 saturated heterocycles. The number of carbonyl (C=O) groups is 2. The fraction of sp³-hybridized carbons (Fsp3) is 0.143. The lowest BCUT2D eigenvalue weighted by Crippen LogP contribution is -2.41. The first-order valence-electron chi connectivity index (χ1n) is 8.44. The van der Waals surface area contributed by atoms with Crippen molar-refractivity contribution in [2.75, 3.05) is 4.90 Å². The van der Waals surface area contributed by atoms with Crippen molar-refractivity contribution in [3.8, 4) is 0 Å². The molecule has 2 aromatic carbocycles. The van der Waals surface area contributed by atoms with Crippen molar-refractivity contribution >= 4 is 29.0 Å². The quantitative estimate of drug-likeness (QED) is 0.679. The zero-order valence-electron chi connectivity index (χ0n) is 14.3. The Hall–Kier alpha value is -2.89. The molecule has 0 unspecified atom stereocenters. The Morgan fingerprint density at radius 3 is 2.52 bits per heavy atom. The monoisotopic (exact) mass is 381 g/mol. The number of furan rings is 1. The van der Waals surface area contributed by atoms with Crippen LogP contribution in [0.25, 0.3) is 0 Å². The first-order chi connectivity index (χ1) is 13.0. The Balaban J connectivity index is 1.68. The van der Waals surface area contributed by atoms with Crippen LogP contribution in [0.2, 0.25) is 5.02 Å². The lowest BCUT2D eigenvalue weighted by Gasteiger charge is -2.22. The van der Waals surface area contributed by atoms with Crippen molar-refractivity contribution in [3.05, 3.63) is 88.8 Å². The number of amides is 1. The van der Waals surface area contributed by atoms with Gasteiger partial charge >= 0.3 is 0 Å². The van der Waals surface area contributed by atoms with Crippen molar-refractivity contribution < 1.29 is 19.1 Å². The van der Waals surface area contributed by atoms with Crippen LogP contribution in [-0.2, 0) is 16.9 Å². The molecule has 1 aromatic heterocycles. The van der Waals surface area contributed by atoms with Crippen LogP contribution < -0.4 is 4.90 Å². The Morgan fingerprint density at radius 1 is 1.07 bits per heavy atom. The summed E-state index contributed by atoms with van der Waals surface area (Å²) < 4.78 is 5.11. The van der Waals surface area contributed by atoms with Gasteiger partial charge in [0.1, 0.15) is 0 Å². The Kier molecular flexibility index (Phi) is 4.34. The van der Waals surface area contributed by atoms with Gasteiger partial charge in [-0.3, -0.25) is 9.59 Å². The van der Waals surface area contributed by atoms with Gasteiger partial charge in [-0.1, -0.05) is 41.9 Å². The summed E-state index contributed by atoms with van der Waals surface area (Å²) in [6, 6.07) is 17.2. The van der Waals surface area contributed by atoms with Crippen LogP contribution in [0.5, 0.6) is 0 Å². The highest BCUT2D eigenvalue weighted by atomic mass is 35.5. The van der Waals surface area contributed by atoms with E-state index in [0.29, 0.717) is 16.3 Å². The first kappa shape index (κ1) is 17.5. The smallest absolute Gasteiger partial charge is 0.264 e. The molecule has 5 nitrogen and oxygen atoms in total. The number of aliphatic hydroxyl groups is 1. The molecule has 1 atom stereocenters. The minimum Gasteiger partial charge on any atom is -0.461 e. The highest BCUT2D eigenvalue weighted by Crippen LogP contribution is 2.43. The van der Waals surface area contributed by atoms with Crippen LogP contribution in [0, 0.1) is 0 Å². The third-order valence-corrected chi connectivity index (χ3v) is 4.96. The molecule has 6 heteroatoms. The molecule has 3 aromatic rings. The Morgan fingerprint density at radius 2 is 1.81 bits per heavy atom. The topological polar surface area (TPSA) is 70.8 Å². The molecule has 1 aliphatic rings. The highest BCUT2D eigenvalue weighted by Gasteiger charge is 2.51. The van der Waals surface area contributed by atoms with Crippen LogP contribution >= 0.6 is 11.6 Å². The fourth-order valence-corrected chi connectivity index (χ4v) is 3.49. The maximum absolute atomic E-state index is 13.1. The maximum Gasteiger partial charge on any atom is 0.264 e. The van der Waals surface area contributed by atoms with Crippen molar-refractivity contribution in [1.82, 2.24) is 0 Å². The Labute approximate surface area is 160 Å². The molecule has 0 bridgehead atoms. The first-order valence-corrected chi connectivity index (χ1v) is 8.82.